The second-order valence-electron chi connectivity index (χ2n) is 9.43. The first-order chi connectivity index (χ1) is 13.9. The van der Waals surface area contributed by atoms with Crippen molar-refractivity contribution in [1.82, 2.24) is 5.32 Å². The van der Waals surface area contributed by atoms with E-state index in [-0.39, 0.29) is 17.6 Å². The van der Waals surface area contributed by atoms with Crippen LogP contribution in [0.1, 0.15) is 59.6 Å². The van der Waals surface area contributed by atoms with Gasteiger partial charge in [0.2, 0.25) is 0 Å². The van der Waals surface area contributed by atoms with Gasteiger partial charge in [0, 0.05) is 6.54 Å². The molecule has 0 aromatic heterocycles. The molecule has 0 atom stereocenters. The number of carbonyl (C=O) groups is 1. The van der Waals surface area contributed by atoms with E-state index >= 15 is 0 Å². The van der Waals surface area contributed by atoms with Gasteiger partial charge in [0.25, 0.3) is 0 Å². The monoisotopic (exact) mass is 443 g/mol. The Morgan fingerprint density at radius 1 is 1.16 bits per heavy atom. The van der Waals surface area contributed by atoms with Crippen molar-refractivity contribution in [3.8, 4) is 5.75 Å². The minimum absolute atomic E-state index is 0.163. The van der Waals surface area contributed by atoms with E-state index in [0.29, 0.717) is 6.07 Å². The summed E-state index contributed by atoms with van der Waals surface area (Å²) in [4.78, 5) is 12.1. The third-order valence-electron chi connectivity index (χ3n) is 5.07. The van der Waals surface area contributed by atoms with Crippen molar-refractivity contribution < 1.29 is 37.1 Å². The fourth-order valence-electron chi connectivity index (χ4n) is 2.80. The summed E-state index contributed by atoms with van der Waals surface area (Å²) in [6.07, 6.45) is -4.16. The lowest BCUT2D eigenvalue weighted by Gasteiger charge is -2.32. The number of alkyl carbamates (subject to hydrolysis) is 1. The molecule has 31 heavy (non-hydrogen) atoms. The Hall–Kier alpha value is -2.20. The largest absolute Gasteiger partial charge is 0.508 e. The molecule has 6 nitrogen and oxygen atoms in total. The number of aromatic hydroxyl groups is 1. The second kappa shape index (κ2) is 8.39. The van der Waals surface area contributed by atoms with Crippen molar-refractivity contribution in [1.29, 1.82) is 0 Å². The third-order valence-corrected chi connectivity index (χ3v) is 5.07. The van der Waals surface area contributed by atoms with Crippen LogP contribution in [0, 0.1) is 0 Å². The Bertz CT molecular complexity index is 844. The molecular weight excluding hydrogens is 414 g/mol. The van der Waals surface area contributed by atoms with E-state index in [9.17, 15) is 23.1 Å². The predicted octanol–water partition coefficient (Wildman–Crippen LogP) is 4.95. The quantitative estimate of drug-likeness (QED) is 0.644. The first-order valence-corrected chi connectivity index (χ1v) is 9.84. The summed E-state index contributed by atoms with van der Waals surface area (Å²) in [5.41, 5.74) is -3.14. The molecule has 0 saturated carbocycles. The molecule has 1 fully saturated rings. The summed E-state index contributed by atoms with van der Waals surface area (Å²) >= 11 is 0. The molecule has 2 N–H and O–H groups in total. The Labute approximate surface area is 180 Å². The predicted molar refractivity (Wildman–Crippen MR) is 111 cm³/mol. The first-order valence-electron chi connectivity index (χ1n) is 9.84. The zero-order valence-electron chi connectivity index (χ0n) is 18.8. The number of carbonyl (C=O) groups excluding carboxylic acids is 1. The van der Waals surface area contributed by atoms with Crippen molar-refractivity contribution in [2.75, 3.05) is 6.54 Å². The normalized spacial score (nSPS) is 18.8. The second-order valence-corrected chi connectivity index (χ2v) is 9.43. The van der Waals surface area contributed by atoms with Crippen molar-refractivity contribution in [2.45, 2.75) is 71.4 Å². The van der Waals surface area contributed by atoms with E-state index in [1.807, 2.05) is 27.7 Å². The van der Waals surface area contributed by atoms with Crippen LogP contribution >= 0.6 is 0 Å². The molecule has 1 aromatic carbocycles. The average Bonchev–Trinajstić information content (AvgIpc) is 2.77. The molecule has 1 heterocycles. The maximum atomic E-state index is 13.5. The van der Waals surface area contributed by atoms with Gasteiger partial charge in [-0.2, -0.15) is 13.2 Å². The number of ether oxygens (including phenoxy) is 1. The number of nitrogens with one attached hydrogen (secondary N) is 1. The van der Waals surface area contributed by atoms with Crippen LogP contribution < -0.4 is 5.32 Å². The SMILES string of the molecule is CC(C)(C)OC(=O)NCC(=Cc1ccc(O)cc1C(F)(F)F)B1OC(C)(C)C(C)(C)O1. The highest BCUT2D eigenvalue weighted by Crippen LogP contribution is 2.40. The lowest BCUT2D eigenvalue weighted by molar-refractivity contribution is -0.137. The topological polar surface area (TPSA) is 77.0 Å². The highest BCUT2D eigenvalue weighted by molar-refractivity contribution is 6.56. The summed E-state index contributed by atoms with van der Waals surface area (Å²) in [5, 5.41) is 12.1. The highest BCUT2D eigenvalue weighted by Gasteiger charge is 2.52. The molecule has 0 radical (unpaired) electrons. The lowest BCUT2D eigenvalue weighted by atomic mass is 9.76. The molecule has 0 aliphatic carbocycles. The molecule has 1 saturated heterocycles. The van der Waals surface area contributed by atoms with Crippen molar-refractivity contribution >= 4 is 19.3 Å². The van der Waals surface area contributed by atoms with Gasteiger partial charge in [-0.05, 0) is 71.6 Å². The summed E-state index contributed by atoms with van der Waals surface area (Å²) in [7, 11) is -0.991. The molecule has 1 aromatic rings. The van der Waals surface area contributed by atoms with Crippen LogP contribution in [-0.2, 0) is 20.2 Å². The zero-order valence-corrected chi connectivity index (χ0v) is 18.8. The van der Waals surface area contributed by atoms with Crippen molar-refractivity contribution in [3.63, 3.8) is 0 Å². The van der Waals surface area contributed by atoms with Gasteiger partial charge in [-0.1, -0.05) is 12.1 Å². The molecule has 2 rings (SSSR count). The van der Waals surface area contributed by atoms with Crippen LogP contribution in [0.15, 0.2) is 23.7 Å². The summed E-state index contributed by atoms with van der Waals surface area (Å²) in [6.45, 7) is 12.2. The number of alkyl halides is 3. The van der Waals surface area contributed by atoms with E-state index in [2.05, 4.69) is 5.32 Å². The van der Waals surface area contributed by atoms with Gasteiger partial charge < -0.3 is 24.5 Å². The molecule has 172 valence electrons. The Balaban J connectivity index is 2.43. The first kappa shape index (κ1) is 25.1. The number of rotatable bonds is 4. The number of benzene rings is 1. The fraction of sp³-hybridized carbons (Fsp3) is 0.571. The minimum atomic E-state index is -4.69. The van der Waals surface area contributed by atoms with Crippen LogP contribution in [0.25, 0.3) is 6.08 Å². The van der Waals surface area contributed by atoms with Gasteiger partial charge in [-0.25, -0.2) is 4.79 Å². The summed E-state index contributed by atoms with van der Waals surface area (Å²) < 4.78 is 57.7. The zero-order chi connectivity index (χ0) is 23.8. The number of amides is 1. The van der Waals surface area contributed by atoms with Gasteiger partial charge in [0.05, 0.1) is 16.8 Å². The Morgan fingerprint density at radius 2 is 1.71 bits per heavy atom. The number of phenols is 1. The standard InChI is InChI=1S/C21H29BF3NO5/c1-18(2,3)29-17(28)26-12-14(22-30-19(4,5)20(6,7)31-22)10-13-8-9-15(27)11-16(13)21(23,24)25/h8-11,27H,12H2,1-7H3,(H,26,28). The van der Waals surface area contributed by atoms with E-state index < -0.39 is 47.5 Å². The van der Waals surface area contributed by atoms with Crippen molar-refractivity contribution in [3.05, 3.63) is 34.8 Å². The van der Waals surface area contributed by atoms with Crippen molar-refractivity contribution in [2.24, 2.45) is 0 Å². The van der Waals surface area contributed by atoms with Gasteiger partial charge in [-0.3, -0.25) is 0 Å². The Morgan fingerprint density at radius 3 is 2.19 bits per heavy atom. The van der Waals surface area contributed by atoms with Crippen LogP contribution in [-0.4, -0.2) is 41.7 Å². The van der Waals surface area contributed by atoms with E-state index in [4.69, 9.17) is 14.0 Å². The molecule has 10 heteroatoms. The minimum Gasteiger partial charge on any atom is -0.508 e. The average molecular weight is 443 g/mol. The van der Waals surface area contributed by atoms with Crippen LogP contribution in [0.2, 0.25) is 0 Å². The van der Waals surface area contributed by atoms with E-state index in [1.165, 1.54) is 6.08 Å². The van der Waals surface area contributed by atoms with Crippen LogP contribution in [0.3, 0.4) is 0 Å². The molecule has 0 spiro atoms. The summed E-state index contributed by atoms with van der Waals surface area (Å²) in [6, 6.07) is 2.95. The number of hydrogen-bond donors (Lipinski definition) is 2. The molecule has 0 unspecified atom stereocenters. The molecule has 1 aliphatic heterocycles. The highest BCUT2D eigenvalue weighted by atomic mass is 19.4. The van der Waals surface area contributed by atoms with Crippen LogP contribution in [0.4, 0.5) is 18.0 Å². The fourth-order valence-corrected chi connectivity index (χ4v) is 2.80. The Kier molecular flexibility index (Phi) is 6.78. The number of phenolic OH excluding ortho intramolecular Hbond substituents is 1. The molecule has 0 bridgehead atoms. The van der Waals surface area contributed by atoms with Gasteiger partial charge >= 0.3 is 19.4 Å². The van der Waals surface area contributed by atoms with E-state index in [0.717, 1.165) is 12.1 Å². The maximum Gasteiger partial charge on any atom is 0.492 e. The third kappa shape index (κ3) is 6.40. The lowest BCUT2D eigenvalue weighted by Crippen LogP contribution is -2.41. The number of hydrogen-bond acceptors (Lipinski definition) is 5. The van der Waals surface area contributed by atoms with Gasteiger partial charge in [-0.15, -0.1) is 0 Å². The number of halogens is 3. The molecular formula is C21H29BF3NO5. The van der Waals surface area contributed by atoms with Gasteiger partial charge in [0.15, 0.2) is 0 Å². The molecule has 1 amide bonds. The maximum absolute atomic E-state index is 13.5. The smallest absolute Gasteiger partial charge is 0.492 e. The summed E-state index contributed by atoms with van der Waals surface area (Å²) in [5.74, 6) is -0.506. The van der Waals surface area contributed by atoms with Gasteiger partial charge in [0.1, 0.15) is 11.4 Å². The van der Waals surface area contributed by atoms with Crippen LogP contribution in [0.5, 0.6) is 5.75 Å². The van der Waals surface area contributed by atoms with E-state index in [1.54, 1.807) is 20.8 Å². The molecule has 1 aliphatic rings.